The van der Waals surface area contributed by atoms with Gasteiger partial charge in [-0.25, -0.2) is 31.7 Å². The summed E-state index contributed by atoms with van der Waals surface area (Å²) < 4.78 is 61.1. The molecule has 0 bridgehead atoms. The van der Waals surface area contributed by atoms with Crippen molar-refractivity contribution < 1.29 is 21.9 Å². The monoisotopic (exact) mass is 435 g/mol. The number of H-pyrrole nitrogens is 1. The first-order chi connectivity index (χ1) is 14.2. The molecule has 1 aromatic carbocycles. The average Bonchev–Trinajstić information content (AvgIpc) is 3.05. The number of aromatic nitrogens is 4. The van der Waals surface area contributed by atoms with Crippen molar-refractivity contribution in [2.75, 3.05) is 14.2 Å². The van der Waals surface area contributed by atoms with Crippen LogP contribution < -0.4 is 15.1 Å². The minimum atomic E-state index is -4.03. The number of halogens is 2. The van der Waals surface area contributed by atoms with Crippen LogP contribution in [0, 0.1) is 11.6 Å². The topological polar surface area (TPSA) is 119 Å². The summed E-state index contributed by atoms with van der Waals surface area (Å²) in [6.45, 7) is -0.471. The highest BCUT2D eigenvalue weighted by atomic mass is 32.2. The van der Waals surface area contributed by atoms with Crippen molar-refractivity contribution >= 4 is 32.1 Å². The molecular formula is C18H15F2N5O4S. The average molecular weight is 435 g/mol. The first-order valence-corrected chi connectivity index (χ1v) is 10.1. The summed E-state index contributed by atoms with van der Waals surface area (Å²) in [4.78, 5) is 22.9. The van der Waals surface area contributed by atoms with Crippen LogP contribution >= 0.6 is 0 Å². The number of nitrogens with one attached hydrogen (secondary N) is 2. The van der Waals surface area contributed by atoms with Crippen LogP contribution in [0.2, 0.25) is 0 Å². The second kappa shape index (κ2) is 7.15. The number of ether oxygens (including phenoxy) is 1. The molecule has 0 radical (unpaired) electrons. The van der Waals surface area contributed by atoms with Gasteiger partial charge in [-0.05, 0) is 25.2 Å². The van der Waals surface area contributed by atoms with Gasteiger partial charge in [-0.3, -0.25) is 4.57 Å². The number of imidazole rings is 1. The molecule has 0 saturated heterocycles. The van der Waals surface area contributed by atoms with E-state index in [2.05, 4.69) is 15.0 Å². The third-order valence-electron chi connectivity index (χ3n) is 4.65. The normalized spacial score (nSPS) is 12.0. The lowest BCUT2D eigenvalue weighted by Crippen LogP contribution is -2.21. The number of methoxy groups -OCH3 is 1. The predicted molar refractivity (Wildman–Crippen MR) is 104 cm³/mol. The Morgan fingerprint density at radius 1 is 1.23 bits per heavy atom. The molecule has 0 fully saturated rings. The van der Waals surface area contributed by atoms with E-state index in [9.17, 15) is 22.0 Å². The maximum atomic E-state index is 14.6. The molecule has 0 amide bonds. The van der Waals surface area contributed by atoms with Crippen molar-refractivity contribution in [3.8, 4) is 5.88 Å². The molecule has 3 aromatic heterocycles. The number of benzene rings is 1. The lowest BCUT2D eigenvalue weighted by atomic mass is 10.2. The third kappa shape index (κ3) is 3.19. The van der Waals surface area contributed by atoms with Crippen LogP contribution in [0.25, 0.3) is 22.1 Å². The van der Waals surface area contributed by atoms with Crippen LogP contribution in [-0.4, -0.2) is 42.1 Å². The van der Waals surface area contributed by atoms with E-state index in [1.807, 2.05) is 4.72 Å². The van der Waals surface area contributed by atoms with Crippen molar-refractivity contribution in [3.63, 3.8) is 0 Å². The van der Waals surface area contributed by atoms with E-state index in [4.69, 9.17) is 4.74 Å². The molecule has 0 aliphatic carbocycles. The van der Waals surface area contributed by atoms with Crippen LogP contribution in [0.15, 0.2) is 40.2 Å². The highest BCUT2D eigenvalue weighted by molar-refractivity contribution is 7.89. The first-order valence-electron chi connectivity index (χ1n) is 8.59. The van der Waals surface area contributed by atoms with Gasteiger partial charge in [0.1, 0.15) is 11.6 Å². The molecule has 3 heterocycles. The van der Waals surface area contributed by atoms with Crippen molar-refractivity contribution in [3.05, 3.63) is 58.1 Å². The molecule has 4 aromatic rings. The zero-order valence-corrected chi connectivity index (χ0v) is 16.5. The molecule has 0 unspecified atom stereocenters. The lowest BCUT2D eigenvalue weighted by Gasteiger charge is -2.10. The van der Waals surface area contributed by atoms with Gasteiger partial charge < -0.3 is 9.72 Å². The Kier molecular flexibility index (Phi) is 4.74. The van der Waals surface area contributed by atoms with Crippen molar-refractivity contribution in [2.45, 2.75) is 11.4 Å². The van der Waals surface area contributed by atoms with Crippen LogP contribution in [-0.2, 0) is 16.6 Å². The number of hydrogen-bond donors (Lipinski definition) is 2. The maximum absolute atomic E-state index is 14.6. The second-order valence-corrected chi connectivity index (χ2v) is 8.22. The fourth-order valence-corrected chi connectivity index (χ4v) is 3.89. The molecule has 12 heteroatoms. The summed E-state index contributed by atoms with van der Waals surface area (Å²) in [5.41, 5.74) is -0.0770. The van der Waals surface area contributed by atoms with Gasteiger partial charge in [-0.2, -0.15) is 4.98 Å². The fraction of sp³-hybridized carbons (Fsp3) is 0.167. The first kappa shape index (κ1) is 19.9. The van der Waals surface area contributed by atoms with E-state index in [-0.39, 0.29) is 5.65 Å². The van der Waals surface area contributed by atoms with Crippen LogP contribution in [0.1, 0.15) is 5.56 Å². The van der Waals surface area contributed by atoms with E-state index in [1.54, 1.807) is 12.1 Å². The third-order valence-corrected chi connectivity index (χ3v) is 6.05. The summed E-state index contributed by atoms with van der Waals surface area (Å²) in [6.07, 6.45) is 1.39. The molecule has 4 rings (SSSR count). The molecule has 0 spiro atoms. The molecule has 30 heavy (non-hydrogen) atoms. The summed E-state index contributed by atoms with van der Waals surface area (Å²) in [5.74, 6) is -1.87. The number of fused-ring (bicyclic) bond motifs is 3. The van der Waals surface area contributed by atoms with Crippen LogP contribution in [0.5, 0.6) is 5.88 Å². The largest absolute Gasteiger partial charge is 0.481 e. The molecule has 0 saturated carbocycles. The minimum absolute atomic E-state index is 0.283. The number of nitrogens with zero attached hydrogens (tertiary/aromatic N) is 3. The van der Waals surface area contributed by atoms with Gasteiger partial charge in [0.15, 0.2) is 5.65 Å². The number of rotatable bonds is 5. The number of sulfonamides is 1. The Labute approximate surface area is 168 Å². The van der Waals surface area contributed by atoms with Gasteiger partial charge in [-0.1, -0.05) is 0 Å². The molecule has 9 nitrogen and oxygen atoms in total. The minimum Gasteiger partial charge on any atom is -0.481 e. The van der Waals surface area contributed by atoms with Crippen LogP contribution in [0.3, 0.4) is 0 Å². The van der Waals surface area contributed by atoms with Gasteiger partial charge in [0, 0.05) is 17.0 Å². The van der Waals surface area contributed by atoms with Gasteiger partial charge in [0.2, 0.25) is 15.9 Å². The molecule has 2 N–H and O–H groups in total. The maximum Gasteiger partial charge on any atom is 0.326 e. The Morgan fingerprint density at radius 2 is 1.93 bits per heavy atom. The molecule has 0 aliphatic rings. The Hall–Kier alpha value is -3.38. The van der Waals surface area contributed by atoms with Crippen molar-refractivity contribution in [1.82, 2.24) is 24.2 Å². The second-order valence-electron chi connectivity index (χ2n) is 6.33. The smallest absolute Gasteiger partial charge is 0.326 e. The van der Waals surface area contributed by atoms with Gasteiger partial charge in [0.25, 0.3) is 0 Å². The standard InChI is InChI=1S/C18H15F2N5O4S/c1-21-30(27,28)9-5-12(19)11(13(20)6-9)8-25-16-10-3-4-15(29-2)24-17(10)22-7-14(16)23-18(25)26/h3-7,21H,8H2,1-2H3,(H,23,26). The zero-order chi connectivity index (χ0) is 21.6. The SMILES string of the molecule is CNS(=O)(=O)c1cc(F)c(Cn2c(=O)[nH]c3cnc4nc(OC)ccc4c32)c(F)c1. The quantitative estimate of drug-likeness (QED) is 0.491. The van der Waals surface area contributed by atoms with Gasteiger partial charge in [0.05, 0.1) is 35.8 Å². The molecular weight excluding hydrogens is 420 g/mol. The van der Waals surface area contributed by atoms with Crippen molar-refractivity contribution in [2.24, 2.45) is 0 Å². The Balaban J connectivity index is 1.90. The number of pyridine rings is 2. The van der Waals surface area contributed by atoms with Gasteiger partial charge >= 0.3 is 5.69 Å². The molecule has 156 valence electrons. The zero-order valence-electron chi connectivity index (χ0n) is 15.7. The highest BCUT2D eigenvalue weighted by Crippen LogP contribution is 2.25. The molecule has 0 atom stereocenters. The summed E-state index contributed by atoms with van der Waals surface area (Å²) >= 11 is 0. The van der Waals surface area contributed by atoms with E-state index in [0.29, 0.717) is 34.4 Å². The van der Waals surface area contributed by atoms with Crippen molar-refractivity contribution in [1.29, 1.82) is 0 Å². The Morgan fingerprint density at radius 3 is 2.57 bits per heavy atom. The number of hydrogen-bond acceptors (Lipinski definition) is 6. The van der Waals surface area contributed by atoms with Crippen LogP contribution in [0.4, 0.5) is 8.78 Å². The lowest BCUT2D eigenvalue weighted by molar-refractivity contribution is 0.399. The van der Waals surface area contributed by atoms with E-state index < -0.39 is 44.4 Å². The molecule has 0 aliphatic heterocycles. The summed E-state index contributed by atoms with van der Waals surface area (Å²) in [6, 6.07) is 4.62. The highest BCUT2D eigenvalue weighted by Gasteiger charge is 2.21. The Bertz CT molecular complexity index is 1440. The van der Waals surface area contributed by atoms with Gasteiger partial charge in [-0.15, -0.1) is 0 Å². The van der Waals surface area contributed by atoms with E-state index >= 15 is 0 Å². The predicted octanol–water partition coefficient (Wildman–Crippen LogP) is 1.52. The summed E-state index contributed by atoms with van der Waals surface area (Å²) in [5, 5.41) is 0.474. The summed E-state index contributed by atoms with van der Waals surface area (Å²) in [7, 11) is -1.45. The van der Waals surface area contributed by atoms with E-state index in [1.165, 1.54) is 13.3 Å². The number of aromatic amines is 1. The van der Waals surface area contributed by atoms with E-state index in [0.717, 1.165) is 11.6 Å². The fourth-order valence-electron chi connectivity index (χ4n) is 3.14.